The predicted molar refractivity (Wildman–Crippen MR) is 163 cm³/mol. The van der Waals surface area contributed by atoms with Gasteiger partial charge in [0.1, 0.15) is 23.8 Å². The van der Waals surface area contributed by atoms with Crippen LogP contribution in [0.4, 0.5) is 21.0 Å². The molecule has 1 saturated carbocycles. The van der Waals surface area contributed by atoms with Gasteiger partial charge in [0.2, 0.25) is 11.8 Å². The number of hydrogen-bond donors (Lipinski definition) is 5. The van der Waals surface area contributed by atoms with E-state index in [1.165, 1.54) is 7.05 Å². The van der Waals surface area contributed by atoms with Gasteiger partial charge in [0.25, 0.3) is 0 Å². The number of fused-ring (bicyclic) bond motifs is 1. The van der Waals surface area contributed by atoms with E-state index in [1.54, 1.807) is 32.9 Å². The molecule has 0 aliphatic heterocycles. The number of amides is 4. The van der Waals surface area contributed by atoms with Gasteiger partial charge in [-0.1, -0.05) is 49.6 Å². The Morgan fingerprint density at radius 3 is 2.26 bits per heavy atom. The fourth-order valence-corrected chi connectivity index (χ4v) is 5.87. The first-order valence-electron chi connectivity index (χ1n) is 14.8. The van der Waals surface area contributed by atoms with E-state index in [0.29, 0.717) is 11.4 Å². The number of hydrogen-bond acceptors (Lipinski definition) is 7. The minimum Gasteiger partial charge on any atom is -0.445 e. The largest absolute Gasteiger partial charge is 0.445 e. The molecule has 11 nitrogen and oxygen atoms in total. The number of ether oxygens (including phenoxy) is 2. The van der Waals surface area contributed by atoms with Crippen LogP contribution in [0.2, 0.25) is 0 Å². The first kappa shape index (κ1) is 31.7. The van der Waals surface area contributed by atoms with E-state index in [-0.39, 0.29) is 31.3 Å². The summed E-state index contributed by atoms with van der Waals surface area (Å²) >= 11 is 0. The molecule has 2 atom stereocenters. The number of carbonyl (C=O) groups is 4. The average Bonchev–Trinajstić information content (AvgIpc) is 3.31. The molecule has 4 amide bonds. The highest BCUT2D eigenvalue weighted by Gasteiger charge is 2.46. The molecule has 6 N–H and O–H groups in total. The van der Waals surface area contributed by atoms with Crippen LogP contribution in [-0.2, 0) is 38.5 Å². The molecule has 2 aliphatic rings. The Bertz CT molecular complexity index is 1340. The highest BCUT2D eigenvalue weighted by Crippen LogP contribution is 2.36. The van der Waals surface area contributed by atoms with Crippen molar-refractivity contribution in [2.45, 2.75) is 89.5 Å². The van der Waals surface area contributed by atoms with Gasteiger partial charge in [0.15, 0.2) is 0 Å². The van der Waals surface area contributed by atoms with Gasteiger partial charge in [-0.3, -0.25) is 9.59 Å². The molecule has 232 valence electrons. The Morgan fingerprint density at radius 1 is 0.977 bits per heavy atom. The van der Waals surface area contributed by atoms with Crippen LogP contribution in [0.15, 0.2) is 42.5 Å². The molecule has 4 rings (SSSR count). The number of nitrogens with two attached hydrogens (primary N) is 1. The van der Waals surface area contributed by atoms with Crippen LogP contribution in [0.25, 0.3) is 0 Å². The standard InChI is InChI=1S/C32H43N5O6/c1-31(2,3)43-30(41)37-32(28(39)34-4)17-22-15-24(33)25(16-23(22)18-32)35-27(38)26(21-13-9-6-10-14-21)36-29(40)42-19-20-11-7-5-8-12-20/h5,7-8,11-12,15-16,21,26H,6,9-10,13-14,17-19,33H2,1-4H3,(H,34,39)(H,35,38)(H,36,40)(H,37,41)/t26-,32?/m0/s1. The van der Waals surface area contributed by atoms with Gasteiger partial charge in [-0.15, -0.1) is 0 Å². The monoisotopic (exact) mass is 593 g/mol. The summed E-state index contributed by atoms with van der Waals surface area (Å²) in [5.41, 5.74) is 7.43. The molecule has 0 saturated heterocycles. The smallest absolute Gasteiger partial charge is 0.408 e. The quantitative estimate of drug-likeness (QED) is 0.287. The minimum absolute atomic E-state index is 0.0485. The van der Waals surface area contributed by atoms with E-state index in [1.807, 2.05) is 30.3 Å². The summed E-state index contributed by atoms with van der Waals surface area (Å²) in [5, 5.41) is 11.1. The summed E-state index contributed by atoms with van der Waals surface area (Å²) < 4.78 is 10.8. The fourth-order valence-electron chi connectivity index (χ4n) is 5.87. The minimum atomic E-state index is -1.27. The van der Waals surface area contributed by atoms with Gasteiger partial charge in [-0.05, 0) is 68.4 Å². The van der Waals surface area contributed by atoms with E-state index in [0.717, 1.165) is 48.8 Å². The van der Waals surface area contributed by atoms with Crippen LogP contribution in [0.3, 0.4) is 0 Å². The second-order valence-corrected chi connectivity index (χ2v) is 12.4. The number of alkyl carbamates (subject to hydrolysis) is 2. The molecule has 0 spiro atoms. The summed E-state index contributed by atoms with van der Waals surface area (Å²) in [7, 11) is 1.51. The molecule has 0 radical (unpaired) electrons. The lowest BCUT2D eigenvalue weighted by atomic mass is 9.83. The molecule has 2 aromatic rings. The zero-order valence-electron chi connectivity index (χ0n) is 25.4. The van der Waals surface area contributed by atoms with E-state index in [9.17, 15) is 19.2 Å². The third kappa shape index (κ3) is 8.18. The summed E-state index contributed by atoms with van der Waals surface area (Å²) in [6.07, 6.45) is 3.67. The Morgan fingerprint density at radius 2 is 1.63 bits per heavy atom. The molecular weight excluding hydrogens is 550 g/mol. The number of likely N-dealkylation sites (N-methyl/N-ethyl adjacent to an activating group) is 1. The summed E-state index contributed by atoms with van der Waals surface area (Å²) in [6.45, 7) is 5.33. The topological polar surface area (TPSA) is 161 Å². The molecular formula is C32H43N5O6. The maximum absolute atomic E-state index is 13.7. The van der Waals surface area contributed by atoms with Crippen molar-refractivity contribution in [3.8, 4) is 0 Å². The van der Waals surface area contributed by atoms with Crippen molar-refractivity contribution in [1.82, 2.24) is 16.0 Å². The number of carbonyl (C=O) groups excluding carboxylic acids is 4. The zero-order chi connectivity index (χ0) is 31.2. The lowest BCUT2D eigenvalue weighted by molar-refractivity contribution is -0.127. The van der Waals surface area contributed by atoms with Gasteiger partial charge in [0, 0.05) is 19.9 Å². The van der Waals surface area contributed by atoms with Crippen molar-refractivity contribution in [2.75, 3.05) is 18.1 Å². The van der Waals surface area contributed by atoms with Crippen molar-refractivity contribution < 1.29 is 28.7 Å². The normalized spacial score (nSPS) is 19.0. The Hall–Kier alpha value is -4.28. The van der Waals surface area contributed by atoms with Crippen LogP contribution in [0.5, 0.6) is 0 Å². The third-order valence-electron chi connectivity index (χ3n) is 7.91. The van der Waals surface area contributed by atoms with E-state index < -0.39 is 35.3 Å². The van der Waals surface area contributed by atoms with Gasteiger partial charge in [-0.2, -0.15) is 0 Å². The van der Waals surface area contributed by atoms with Gasteiger partial charge in [-0.25, -0.2) is 9.59 Å². The molecule has 11 heteroatoms. The molecule has 0 bridgehead atoms. The van der Waals surface area contributed by atoms with E-state index in [4.69, 9.17) is 15.2 Å². The first-order chi connectivity index (χ1) is 20.4. The van der Waals surface area contributed by atoms with Crippen molar-refractivity contribution in [1.29, 1.82) is 0 Å². The zero-order valence-corrected chi connectivity index (χ0v) is 25.4. The average molecular weight is 594 g/mol. The Balaban J connectivity index is 1.50. The summed E-state index contributed by atoms with van der Waals surface area (Å²) in [4.78, 5) is 52.1. The van der Waals surface area contributed by atoms with Gasteiger partial charge < -0.3 is 36.5 Å². The maximum atomic E-state index is 13.7. The molecule has 43 heavy (non-hydrogen) atoms. The van der Waals surface area contributed by atoms with E-state index in [2.05, 4.69) is 21.3 Å². The SMILES string of the molecule is CNC(=O)C1(NC(=O)OC(C)(C)C)Cc2cc(N)c(NC(=O)[C@@H](NC(=O)OCc3ccccc3)C3CCCCC3)cc2C1. The fraction of sp³-hybridized carbons (Fsp3) is 0.500. The second kappa shape index (κ2) is 13.4. The van der Waals surface area contributed by atoms with Gasteiger partial charge in [0.05, 0.1) is 11.4 Å². The number of nitrogens with one attached hydrogen (secondary N) is 4. The van der Waals surface area contributed by atoms with Crippen molar-refractivity contribution in [3.05, 3.63) is 59.2 Å². The summed E-state index contributed by atoms with van der Waals surface area (Å²) in [6, 6.07) is 12.0. The highest BCUT2D eigenvalue weighted by molar-refractivity contribution is 5.99. The molecule has 0 heterocycles. The molecule has 2 aromatic carbocycles. The first-order valence-corrected chi connectivity index (χ1v) is 14.8. The Labute approximate surface area is 252 Å². The predicted octanol–water partition coefficient (Wildman–Crippen LogP) is 4.19. The lowest BCUT2D eigenvalue weighted by Gasteiger charge is -2.30. The third-order valence-corrected chi connectivity index (χ3v) is 7.91. The second-order valence-electron chi connectivity index (χ2n) is 12.4. The lowest BCUT2D eigenvalue weighted by Crippen LogP contribution is -2.59. The van der Waals surface area contributed by atoms with Crippen molar-refractivity contribution in [2.24, 2.45) is 5.92 Å². The van der Waals surface area contributed by atoms with Crippen LogP contribution < -0.4 is 27.0 Å². The van der Waals surface area contributed by atoms with Crippen molar-refractivity contribution in [3.63, 3.8) is 0 Å². The van der Waals surface area contributed by atoms with Crippen LogP contribution in [-0.4, -0.2) is 48.2 Å². The van der Waals surface area contributed by atoms with Crippen molar-refractivity contribution >= 4 is 35.4 Å². The van der Waals surface area contributed by atoms with Crippen LogP contribution in [0, 0.1) is 5.92 Å². The molecule has 1 fully saturated rings. The Kier molecular flexibility index (Phi) is 9.83. The highest BCUT2D eigenvalue weighted by atomic mass is 16.6. The van der Waals surface area contributed by atoms with Crippen LogP contribution in [0.1, 0.15) is 69.6 Å². The number of nitrogen functional groups attached to an aromatic ring is 1. The van der Waals surface area contributed by atoms with E-state index >= 15 is 0 Å². The molecule has 0 aromatic heterocycles. The van der Waals surface area contributed by atoms with Gasteiger partial charge >= 0.3 is 12.2 Å². The van der Waals surface area contributed by atoms with Crippen LogP contribution >= 0.6 is 0 Å². The summed E-state index contributed by atoms with van der Waals surface area (Å²) in [5.74, 6) is -0.806. The number of anilines is 2. The number of rotatable bonds is 8. The molecule has 1 unspecified atom stereocenters. The molecule has 2 aliphatic carbocycles. The number of benzene rings is 2. The maximum Gasteiger partial charge on any atom is 0.408 e.